The van der Waals surface area contributed by atoms with Crippen molar-refractivity contribution >= 4 is 10.8 Å². The van der Waals surface area contributed by atoms with Crippen LogP contribution in [-0.2, 0) is 38.3 Å². The van der Waals surface area contributed by atoms with Crippen molar-refractivity contribution < 1.29 is 26.3 Å². The maximum absolute atomic E-state index is 15.2. The lowest BCUT2D eigenvalue weighted by Crippen LogP contribution is -2.04. The highest BCUT2D eigenvalue weighted by molar-refractivity contribution is 5.84. The minimum absolute atomic E-state index is 0.0460. The van der Waals surface area contributed by atoms with Gasteiger partial charge in [-0.2, -0.15) is 13.2 Å². The molecule has 0 aromatic heterocycles. The van der Waals surface area contributed by atoms with Crippen molar-refractivity contribution in [1.82, 2.24) is 0 Å². The topological polar surface area (TPSA) is 0 Å². The Balaban J connectivity index is 1.42. The average molecular weight is 527 g/mol. The first-order valence-electron chi connectivity index (χ1n) is 12.6. The first kappa shape index (κ1) is 27.5. The predicted molar refractivity (Wildman–Crippen MR) is 140 cm³/mol. The summed E-state index contributed by atoms with van der Waals surface area (Å²) in [5, 5.41) is 1.11. The zero-order valence-electron chi connectivity index (χ0n) is 21.0. The molecular weight excluding hydrogens is 498 g/mol. The normalized spacial score (nSPS) is 12.1. The van der Waals surface area contributed by atoms with E-state index in [-0.39, 0.29) is 17.8 Å². The molecule has 0 amide bonds. The summed E-state index contributed by atoms with van der Waals surface area (Å²) in [6.45, 7) is 1.90. The van der Waals surface area contributed by atoms with E-state index < -0.39 is 23.4 Å². The van der Waals surface area contributed by atoms with E-state index in [2.05, 4.69) is 0 Å². The van der Waals surface area contributed by atoms with Crippen LogP contribution >= 0.6 is 0 Å². The lowest BCUT2D eigenvalue weighted by Gasteiger charge is -2.11. The van der Waals surface area contributed by atoms with E-state index in [1.54, 1.807) is 24.3 Å². The van der Waals surface area contributed by atoms with E-state index in [4.69, 9.17) is 0 Å². The van der Waals surface area contributed by atoms with E-state index >= 15 is 4.39 Å². The number of hydrogen-bond acceptors (Lipinski definition) is 0. The highest BCUT2D eigenvalue weighted by Gasteiger charge is 2.29. The Kier molecular flexibility index (Phi) is 8.60. The molecule has 0 aliphatic rings. The monoisotopic (exact) mass is 526 g/mol. The lowest BCUT2D eigenvalue weighted by atomic mass is 9.96. The van der Waals surface area contributed by atoms with E-state index in [9.17, 15) is 22.0 Å². The summed E-state index contributed by atoms with van der Waals surface area (Å²) < 4.78 is 82.6. The Morgan fingerprint density at radius 2 is 1.32 bits per heavy atom. The van der Waals surface area contributed by atoms with Crippen LogP contribution in [0.15, 0.2) is 78.9 Å². The van der Waals surface area contributed by atoms with Crippen molar-refractivity contribution in [2.24, 2.45) is 0 Å². The van der Waals surface area contributed by atoms with Gasteiger partial charge in [0.1, 0.15) is 17.5 Å². The third-order valence-corrected chi connectivity index (χ3v) is 6.76. The molecule has 4 aromatic carbocycles. The van der Waals surface area contributed by atoms with Crippen molar-refractivity contribution in [2.45, 2.75) is 51.6 Å². The SMILES string of the molecule is C/C=C/CCc1cc(F)c(CCc2ccc3c(F)c(CCc4ccc(C(F)(F)F)cc4)ccc3c2)c(F)c1. The molecule has 0 aliphatic heterocycles. The van der Waals surface area contributed by atoms with Gasteiger partial charge in [-0.3, -0.25) is 0 Å². The van der Waals surface area contributed by atoms with Crippen LogP contribution in [0.2, 0.25) is 0 Å². The molecule has 0 saturated carbocycles. The minimum atomic E-state index is -4.39. The van der Waals surface area contributed by atoms with Crippen molar-refractivity contribution in [2.75, 3.05) is 0 Å². The molecule has 38 heavy (non-hydrogen) atoms. The number of benzene rings is 4. The number of halogens is 6. The molecule has 0 nitrogen and oxygen atoms in total. The van der Waals surface area contributed by atoms with Gasteiger partial charge in [0.05, 0.1) is 5.56 Å². The van der Waals surface area contributed by atoms with E-state index in [0.29, 0.717) is 53.1 Å². The largest absolute Gasteiger partial charge is 0.416 e. The molecule has 0 bridgehead atoms. The first-order chi connectivity index (χ1) is 18.2. The molecule has 0 saturated heterocycles. The summed E-state index contributed by atoms with van der Waals surface area (Å²) >= 11 is 0. The summed E-state index contributed by atoms with van der Waals surface area (Å²) in [6, 6.07) is 16.4. The second-order valence-electron chi connectivity index (χ2n) is 9.43. The molecule has 0 fully saturated rings. The van der Waals surface area contributed by atoms with Crippen molar-refractivity contribution in [1.29, 1.82) is 0 Å². The minimum Gasteiger partial charge on any atom is -0.207 e. The highest BCUT2D eigenvalue weighted by atomic mass is 19.4. The number of allylic oxidation sites excluding steroid dienone is 2. The Hall–Kier alpha value is -3.54. The summed E-state index contributed by atoms with van der Waals surface area (Å²) in [6.07, 6.45) is 2.10. The molecule has 0 radical (unpaired) electrons. The Bertz CT molecular complexity index is 1410. The fraction of sp³-hybridized carbons (Fsp3) is 0.250. The van der Waals surface area contributed by atoms with Crippen LogP contribution in [0.5, 0.6) is 0 Å². The average Bonchev–Trinajstić information content (AvgIpc) is 2.88. The molecule has 0 atom stereocenters. The number of aryl methyl sites for hydroxylation is 4. The lowest BCUT2D eigenvalue weighted by molar-refractivity contribution is -0.137. The van der Waals surface area contributed by atoms with E-state index in [1.807, 2.05) is 25.1 Å². The van der Waals surface area contributed by atoms with Gasteiger partial charge in [-0.05, 0) is 97.4 Å². The van der Waals surface area contributed by atoms with Gasteiger partial charge in [0.25, 0.3) is 0 Å². The van der Waals surface area contributed by atoms with Crippen LogP contribution in [0.1, 0.15) is 46.7 Å². The van der Waals surface area contributed by atoms with Crippen LogP contribution in [0.3, 0.4) is 0 Å². The molecule has 198 valence electrons. The highest BCUT2D eigenvalue weighted by Crippen LogP contribution is 2.30. The molecule has 4 rings (SSSR count). The fourth-order valence-corrected chi connectivity index (χ4v) is 4.60. The van der Waals surface area contributed by atoms with Crippen LogP contribution in [0, 0.1) is 17.5 Å². The van der Waals surface area contributed by atoms with Crippen molar-refractivity contribution in [3.63, 3.8) is 0 Å². The van der Waals surface area contributed by atoms with Crippen LogP contribution in [0.25, 0.3) is 10.8 Å². The number of alkyl halides is 3. The maximum Gasteiger partial charge on any atom is 0.416 e. The number of rotatable bonds is 9. The smallest absolute Gasteiger partial charge is 0.207 e. The summed E-state index contributed by atoms with van der Waals surface area (Å²) in [5.41, 5.74) is 1.96. The summed E-state index contributed by atoms with van der Waals surface area (Å²) in [5.74, 6) is -1.47. The van der Waals surface area contributed by atoms with Crippen LogP contribution in [0.4, 0.5) is 26.3 Å². The Morgan fingerprint density at radius 1 is 0.658 bits per heavy atom. The molecule has 0 spiro atoms. The van der Waals surface area contributed by atoms with Gasteiger partial charge in [-0.25, -0.2) is 13.2 Å². The van der Waals surface area contributed by atoms with Crippen molar-refractivity contribution in [3.8, 4) is 0 Å². The Labute approximate surface area is 218 Å². The summed E-state index contributed by atoms with van der Waals surface area (Å²) in [4.78, 5) is 0. The number of hydrogen-bond donors (Lipinski definition) is 0. The standard InChI is InChI=1S/C32H28F6/c1-2-3-4-5-23-19-29(33)28(30(34)20-23)17-10-22-9-16-27-25(18-22)13-12-24(31(27)35)11-6-21-7-14-26(15-8-21)32(36,37)38/h2-3,7-9,12-16,18-20H,4-6,10-11,17H2,1H3/b3-2+. The van der Waals surface area contributed by atoms with Crippen LogP contribution in [-0.4, -0.2) is 0 Å². The fourth-order valence-electron chi connectivity index (χ4n) is 4.60. The predicted octanol–water partition coefficient (Wildman–Crippen LogP) is 9.35. The quantitative estimate of drug-likeness (QED) is 0.151. The molecule has 4 aromatic rings. The zero-order chi connectivity index (χ0) is 27.3. The second kappa shape index (κ2) is 11.9. The Morgan fingerprint density at radius 3 is 1.97 bits per heavy atom. The molecule has 0 heterocycles. The molecule has 0 unspecified atom stereocenters. The first-order valence-corrected chi connectivity index (χ1v) is 12.6. The molecule has 6 heteroatoms. The molecule has 0 N–H and O–H groups in total. The van der Waals surface area contributed by atoms with Gasteiger partial charge < -0.3 is 0 Å². The van der Waals surface area contributed by atoms with Gasteiger partial charge in [0.15, 0.2) is 0 Å². The third-order valence-electron chi connectivity index (χ3n) is 6.76. The zero-order valence-corrected chi connectivity index (χ0v) is 21.0. The van der Waals surface area contributed by atoms with Gasteiger partial charge in [-0.1, -0.05) is 54.6 Å². The van der Waals surface area contributed by atoms with Crippen molar-refractivity contribution in [3.05, 3.63) is 130 Å². The van der Waals surface area contributed by atoms with Gasteiger partial charge >= 0.3 is 6.18 Å². The number of fused-ring (bicyclic) bond motifs is 1. The summed E-state index contributed by atoms with van der Waals surface area (Å²) in [7, 11) is 0. The van der Waals surface area contributed by atoms with Gasteiger partial charge in [0.2, 0.25) is 0 Å². The van der Waals surface area contributed by atoms with Crippen LogP contribution < -0.4 is 0 Å². The van der Waals surface area contributed by atoms with E-state index in [1.165, 1.54) is 24.3 Å². The van der Waals surface area contributed by atoms with Gasteiger partial charge in [-0.15, -0.1) is 0 Å². The van der Waals surface area contributed by atoms with Gasteiger partial charge in [0, 0.05) is 10.9 Å². The van der Waals surface area contributed by atoms with E-state index in [0.717, 1.165) is 24.1 Å². The third kappa shape index (κ3) is 6.66. The maximum atomic E-state index is 15.2. The molecule has 0 aliphatic carbocycles. The molecular formula is C32H28F6. The second-order valence-corrected chi connectivity index (χ2v) is 9.43.